The second-order valence-electron chi connectivity index (χ2n) is 5.28. The number of halogens is 1. The van der Waals surface area contributed by atoms with Crippen molar-refractivity contribution in [3.63, 3.8) is 0 Å². The summed E-state index contributed by atoms with van der Waals surface area (Å²) in [7, 11) is 0. The first-order valence-corrected chi connectivity index (χ1v) is 8.17. The summed E-state index contributed by atoms with van der Waals surface area (Å²) in [6.45, 7) is 0.875. The molecule has 0 radical (unpaired) electrons. The van der Waals surface area contributed by atoms with Crippen LogP contribution in [-0.2, 0) is 6.42 Å². The number of anilines is 4. The molecule has 1 aliphatic heterocycles. The molecule has 0 amide bonds. The third-order valence-corrected chi connectivity index (χ3v) is 4.50. The molecule has 23 heavy (non-hydrogen) atoms. The van der Waals surface area contributed by atoms with E-state index >= 15 is 0 Å². The van der Waals surface area contributed by atoms with Crippen LogP contribution >= 0.6 is 15.9 Å². The van der Waals surface area contributed by atoms with Crippen molar-refractivity contribution in [3.8, 4) is 0 Å². The average molecular weight is 368 g/mol. The Morgan fingerprint density at radius 2 is 1.87 bits per heavy atom. The van der Waals surface area contributed by atoms with Gasteiger partial charge in [0.05, 0.1) is 11.9 Å². The Morgan fingerprint density at radius 1 is 1.04 bits per heavy atom. The van der Waals surface area contributed by atoms with E-state index in [1.54, 1.807) is 6.20 Å². The van der Waals surface area contributed by atoms with Crippen molar-refractivity contribution in [1.29, 1.82) is 0 Å². The van der Waals surface area contributed by atoms with Crippen LogP contribution in [-0.4, -0.2) is 21.7 Å². The van der Waals surface area contributed by atoms with Crippen molar-refractivity contribution >= 4 is 39.1 Å². The van der Waals surface area contributed by atoms with Crippen molar-refractivity contribution in [3.05, 3.63) is 64.8 Å². The summed E-state index contributed by atoms with van der Waals surface area (Å²) in [6, 6.07) is 16.2. The van der Waals surface area contributed by atoms with Crippen molar-refractivity contribution < 1.29 is 0 Å². The Morgan fingerprint density at radius 3 is 2.78 bits per heavy atom. The maximum Gasteiger partial charge on any atom is 0.251 e. The minimum Gasteiger partial charge on any atom is -0.338 e. The van der Waals surface area contributed by atoms with Gasteiger partial charge >= 0.3 is 0 Å². The second kappa shape index (κ2) is 5.96. The number of para-hydroxylation sites is 2. The summed E-state index contributed by atoms with van der Waals surface area (Å²) in [5.41, 5.74) is 3.42. The van der Waals surface area contributed by atoms with E-state index in [0.717, 1.165) is 28.8 Å². The highest BCUT2D eigenvalue weighted by Crippen LogP contribution is 2.32. The zero-order chi connectivity index (χ0) is 15.6. The Hall–Kier alpha value is -2.47. The molecule has 4 rings (SSSR count). The molecular weight excluding hydrogens is 354 g/mol. The zero-order valence-corrected chi connectivity index (χ0v) is 13.9. The molecule has 1 aliphatic rings. The SMILES string of the molecule is Brc1ccccc1Nc1cnnc(N2CCc3ccccc32)n1. The van der Waals surface area contributed by atoms with Gasteiger partial charge in [0.25, 0.3) is 5.95 Å². The van der Waals surface area contributed by atoms with Crippen LogP contribution in [0.1, 0.15) is 5.56 Å². The van der Waals surface area contributed by atoms with Crippen LogP contribution in [0.5, 0.6) is 0 Å². The fraction of sp³-hybridized carbons (Fsp3) is 0.118. The van der Waals surface area contributed by atoms with Crippen molar-refractivity contribution in [2.24, 2.45) is 0 Å². The molecule has 0 spiro atoms. The van der Waals surface area contributed by atoms with Gasteiger partial charge in [0.1, 0.15) is 0 Å². The number of nitrogens with one attached hydrogen (secondary N) is 1. The average Bonchev–Trinajstić information content (AvgIpc) is 3.01. The first kappa shape index (κ1) is 14.1. The van der Waals surface area contributed by atoms with Gasteiger partial charge in [0.2, 0.25) is 0 Å². The molecule has 114 valence electrons. The summed E-state index contributed by atoms with van der Waals surface area (Å²) in [5, 5.41) is 11.6. The number of fused-ring (bicyclic) bond motifs is 1. The van der Waals surface area contributed by atoms with Crippen LogP contribution in [0, 0.1) is 0 Å². The van der Waals surface area contributed by atoms with Gasteiger partial charge in [-0.25, -0.2) is 0 Å². The van der Waals surface area contributed by atoms with E-state index in [-0.39, 0.29) is 0 Å². The number of hydrogen-bond acceptors (Lipinski definition) is 5. The van der Waals surface area contributed by atoms with Gasteiger partial charge in [0.15, 0.2) is 5.82 Å². The fourth-order valence-electron chi connectivity index (χ4n) is 2.72. The summed E-state index contributed by atoms with van der Waals surface area (Å²) >= 11 is 3.52. The van der Waals surface area contributed by atoms with E-state index in [1.165, 1.54) is 5.56 Å². The summed E-state index contributed by atoms with van der Waals surface area (Å²) in [4.78, 5) is 6.72. The predicted octanol–water partition coefficient (Wildman–Crippen LogP) is 4.07. The number of benzene rings is 2. The van der Waals surface area contributed by atoms with E-state index in [9.17, 15) is 0 Å². The van der Waals surface area contributed by atoms with Gasteiger partial charge in [-0.3, -0.25) is 0 Å². The number of rotatable bonds is 3. The lowest BCUT2D eigenvalue weighted by Crippen LogP contribution is -2.17. The van der Waals surface area contributed by atoms with Crippen LogP contribution < -0.4 is 10.2 Å². The molecule has 1 N–H and O–H groups in total. The van der Waals surface area contributed by atoms with Crippen LogP contribution in [0.2, 0.25) is 0 Å². The lowest BCUT2D eigenvalue weighted by molar-refractivity contribution is 0.887. The topological polar surface area (TPSA) is 53.9 Å². The van der Waals surface area contributed by atoms with Crippen LogP contribution in [0.15, 0.2) is 59.2 Å². The molecule has 0 bridgehead atoms. The largest absolute Gasteiger partial charge is 0.338 e. The second-order valence-corrected chi connectivity index (χ2v) is 6.13. The number of hydrogen-bond donors (Lipinski definition) is 1. The Kier molecular flexibility index (Phi) is 3.67. The van der Waals surface area contributed by atoms with Gasteiger partial charge in [-0.2, -0.15) is 10.1 Å². The highest BCUT2D eigenvalue weighted by atomic mass is 79.9. The molecular formula is C17H14BrN5. The molecule has 1 aromatic heterocycles. The van der Waals surface area contributed by atoms with Gasteiger partial charge in [0, 0.05) is 16.7 Å². The lowest BCUT2D eigenvalue weighted by Gasteiger charge is -2.17. The molecule has 0 fully saturated rings. The first-order valence-electron chi connectivity index (χ1n) is 7.38. The van der Waals surface area contributed by atoms with Gasteiger partial charge in [-0.05, 0) is 46.1 Å². The minimum atomic E-state index is 0.618. The van der Waals surface area contributed by atoms with Crippen LogP contribution in [0.4, 0.5) is 23.1 Å². The number of nitrogens with zero attached hydrogens (tertiary/aromatic N) is 4. The molecule has 5 nitrogen and oxygen atoms in total. The number of aromatic nitrogens is 3. The Bertz CT molecular complexity index is 852. The summed E-state index contributed by atoms with van der Waals surface area (Å²) in [6.07, 6.45) is 2.63. The van der Waals surface area contributed by atoms with Crippen molar-refractivity contribution in [1.82, 2.24) is 15.2 Å². The van der Waals surface area contributed by atoms with Gasteiger partial charge in [-0.15, -0.1) is 5.10 Å². The minimum absolute atomic E-state index is 0.618. The zero-order valence-electron chi connectivity index (χ0n) is 12.3. The van der Waals surface area contributed by atoms with Gasteiger partial charge in [-0.1, -0.05) is 30.3 Å². The van der Waals surface area contributed by atoms with E-state index in [2.05, 4.69) is 59.5 Å². The molecule has 0 saturated carbocycles. The summed E-state index contributed by atoms with van der Waals surface area (Å²) < 4.78 is 0.978. The third kappa shape index (κ3) is 2.77. The molecule has 3 aromatic rings. The maximum absolute atomic E-state index is 4.61. The maximum atomic E-state index is 4.61. The lowest BCUT2D eigenvalue weighted by atomic mass is 10.2. The van der Waals surface area contributed by atoms with Gasteiger partial charge < -0.3 is 10.2 Å². The first-order chi connectivity index (χ1) is 11.3. The molecule has 6 heteroatoms. The normalized spacial score (nSPS) is 13.0. The quantitative estimate of drug-likeness (QED) is 0.755. The smallest absolute Gasteiger partial charge is 0.251 e. The standard InChI is InChI=1S/C17H14BrN5/c18-13-6-2-3-7-14(13)20-16-11-19-22-17(21-16)23-10-9-12-5-1-4-8-15(12)23/h1-8,11H,9-10H2,(H,20,21,22). The van der Waals surface area contributed by atoms with E-state index in [4.69, 9.17) is 0 Å². The highest BCUT2D eigenvalue weighted by molar-refractivity contribution is 9.10. The monoisotopic (exact) mass is 367 g/mol. The van der Waals surface area contributed by atoms with E-state index in [0.29, 0.717) is 11.8 Å². The molecule has 2 aromatic carbocycles. The van der Waals surface area contributed by atoms with Crippen molar-refractivity contribution in [2.75, 3.05) is 16.8 Å². The fourth-order valence-corrected chi connectivity index (χ4v) is 3.10. The summed E-state index contributed by atoms with van der Waals surface area (Å²) in [5.74, 6) is 1.29. The van der Waals surface area contributed by atoms with E-state index in [1.807, 2.05) is 30.3 Å². The Labute approximate surface area is 142 Å². The third-order valence-electron chi connectivity index (χ3n) is 3.81. The highest BCUT2D eigenvalue weighted by Gasteiger charge is 2.22. The van der Waals surface area contributed by atoms with Crippen LogP contribution in [0.25, 0.3) is 0 Å². The Balaban J connectivity index is 1.64. The van der Waals surface area contributed by atoms with Crippen LogP contribution in [0.3, 0.4) is 0 Å². The predicted molar refractivity (Wildman–Crippen MR) is 94.4 cm³/mol. The molecule has 0 saturated heterocycles. The molecule has 0 aliphatic carbocycles. The molecule has 0 unspecified atom stereocenters. The van der Waals surface area contributed by atoms with Crippen molar-refractivity contribution in [2.45, 2.75) is 6.42 Å². The van der Waals surface area contributed by atoms with E-state index < -0.39 is 0 Å². The molecule has 2 heterocycles. The molecule has 0 atom stereocenters.